The molecule has 0 N–H and O–H groups in total. The summed E-state index contributed by atoms with van der Waals surface area (Å²) in [6, 6.07) is 6.08. The molecule has 206 valence electrons. The molecule has 0 fully saturated rings. The largest absolute Gasteiger partial charge is 0.206 e. The van der Waals surface area contributed by atoms with E-state index in [1.54, 1.807) is 28.7 Å². The molecule has 1 aromatic carbocycles. The van der Waals surface area contributed by atoms with E-state index in [1.807, 2.05) is 0 Å². The summed E-state index contributed by atoms with van der Waals surface area (Å²) in [5.74, 6) is 1.11. The van der Waals surface area contributed by atoms with E-state index >= 15 is 4.39 Å². The number of aromatic nitrogens is 2. The van der Waals surface area contributed by atoms with Crippen molar-refractivity contribution in [2.45, 2.75) is 91.9 Å². The number of fused-ring (bicyclic) bond motifs is 1. The maximum absolute atomic E-state index is 15.9. The van der Waals surface area contributed by atoms with Crippen LogP contribution < -0.4 is 0 Å². The van der Waals surface area contributed by atoms with E-state index in [1.165, 1.54) is 67.8 Å². The molecule has 0 aliphatic carbocycles. The Morgan fingerprint density at radius 1 is 0.763 bits per heavy atom. The average Bonchev–Trinajstić information content (AvgIpc) is 3.62. The number of thiophene rings is 2. The minimum Gasteiger partial charge on any atom is -0.206 e. The first kappa shape index (κ1) is 30.3. The van der Waals surface area contributed by atoms with Crippen LogP contribution in [0.1, 0.15) is 90.2 Å². The molecule has 3 aromatic heterocycles. The van der Waals surface area contributed by atoms with Crippen LogP contribution in [-0.2, 0) is 12.8 Å². The van der Waals surface area contributed by atoms with Gasteiger partial charge in [0.15, 0.2) is 0 Å². The fourth-order valence-corrected chi connectivity index (χ4v) is 9.25. The van der Waals surface area contributed by atoms with Crippen molar-refractivity contribution in [3.63, 3.8) is 0 Å². The molecule has 0 amide bonds. The lowest BCUT2D eigenvalue weighted by atomic mass is 9.92. The molecule has 4 aromatic rings. The van der Waals surface area contributed by atoms with Gasteiger partial charge in [-0.1, -0.05) is 79.1 Å². The van der Waals surface area contributed by atoms with E-state index in [2.05, 4.69) is 80.4 Å². The molecule has 38 heavy (non-hydrogen) atoms. The van der Waals surface area contributed by atoms with Gasteiger partial charge in [0, 0.05) is 15.3 Å². The second-order valence-corrected chi connectivity index (χ2v) is 15.6. The van der Waals surface area contributed by atoms with Gasteiger partial charge < -0.3 is 0 Å². The number of nitrogens with zero attached hydrogens (tertiary/aromatic N) is 2. The molecule has 0 radical (unpaired) electrons. The van der Waals surface area contributed by atoms with Gasteiger partial charge in [0.05, 0.1) is 24.9 Å². The van der Waals surface area contributed by atoms with Crippen molar-refractivity contribution in [1.29, 1.82) is 0 Å². The predicted molar refractivity (Wildman–Crippen MR) is 173 cm³/mol. The molecular weight excluding hydrogens is 663 g/mol. The first-order valence-corrected chi connectivity index (χ1v) is 17.9. The number of hydrogen-bond donors (Lipinski definition) is 0. The van der Waals surface area contributed by atoms with Crippen molar-refractivity contribution in [2.75, 3.05) is 0 Å². The highest BCUT2D eigenvalue weighted by Crippen LogP contribution is 2.45. The molecule has 0 aliphatic heterocycles. The molecule has 0 saturated heterocycles. The second kappa shape index (κ2) is 14.3. The Kier molecular flexibility index (Phi) is 11.4. The van der Waals surface area contributed by atoms with Gasteiger partial charge in [-0.3, -0.25) is 0 Å². The average molecular weight is 701 g/mol. The Morgan fingerprint density at radius 2 is 1.29 bits per heavy atom. The van der Waals surface area contributed by atoms with Crippen LogP contribution in [0.3, 0.4) is 0 Å². The van der Waals surface area contributed by atoms with Gasteiger partial charge in [0.2, 0.25) is 0 Å². The van der Waals surface area contributed by atoms with Crippen molar-refractivity contribution in [1.82, 2.24) is 8.75 Å². The molecular formula is C30H37Br2FN2S3. The lowest BCUT2D eigenvalue weighted by molar-refractivity contribution is 0.449. The van der Waals surface area contributed by atoms with Crippen LogP contribution in [0.15, 0.2) is 25.8 Å². The lowest BCUT2D eigenvalue weighted by Crippen LogP contribution is -2.03. The van der Waals surface area contributed by atoms with Crippen molar-refractivity contribution >= 4 is 77.3 Å². The number of hydrogen-bond acceptors (Lipinski definition) is 5. The number of unbranched alkanes of at least 4 members (excludes halogenated alkanes) is 2. The smallest absolute Gasteiger partial charge is 0.134 e. The molecule has 8 heteroatoms. The van der Waals surface area contributed by atoms with Crippen LogP contribution in [0, 0.1) is 17.7 Å². The minimum absolute atomic E-state index is 0.223. The van der Waals surface area contributed by atoms with Gasteiger partial charge in [-0.25, -0.2) is 4.39 Å². The zero-order valence-electron chi connectivity index (χ0n) is 22.7. The van der Waals surface area contributed by atoms with Crippen molar-refractivity contribution in [3.8, 4) is 20.9 Å². The van der Waals surface area contributed by atoms with E-state index in [4.69, 9.17) is 0 Å². The maximum atomic E-state index is 15.9. The molecule has 0 saturated carbocycles. The number of rotatable bonds is 14. The third-order valence-corrected chi connectivity index (χ3v) is 12.1. The van der Waals surface area contributed by atoms with Crippen molar-refractivity contribution in [2.24, 2.45) is 11.8 Å². The van der Waals surface area contributed by atoms with Crippen LogP contribution in [0.25, 0.3) is 31.9 Å². The highest BCUT2D eigenvalue weighted by molar-refractivity contribution is 9.11. The molecule has 0 aliphatic rings. The molecule has 2 atom stereocenters. The first-order chi connectivity index (χ1) is 18.4. The van der Waals surface area contributed by atoms with Gasteiger partial charge in [-0.15, -0.1) is 22.7 Å². The number of benzene rings is 1. The van der Waals surface area contributed by atoms with E-state index in [0.29, 0.717) is 22.9 Å². The minimum atomic E-state index is -0.223. The molecule has 0 spiro atoms. The van der Waals surface area contributed by atoms with E-state index in [9.17, 15) is 0 Å². The Bertz CT molecular complexity index is 1340. The lowest BCUT2D eigenvalue weighted by Gasteiger charge is -2.13. The van der Waals surface area contributed by atoms with Gasteiger partial charge in [0.25, 0.3) is 0 Å². The first-order valence-electron chi connectivity index (χ1n) is 13.9. The fourth-order valence-electron chi connectivity index (χ4n) is 5.19. The van der Waals surface area contributed by atoms with Gasteiger partial charge in [0.1, 0.15) is 16.9 Å². The summed E-state index contributed by atoms with van der Waals surface area (Å²) in [5.41, 5.74) is 5.48. The third-order valence-electron chi connectivity index (χ3n) is 7.62. The quantitative estimate of drug-likeness (QED) is 0.131. The highest BCUT2D eigenvalue weighted by Gasteiger charge is 2.23. The molecule has 2 unspecified atom stereocenters. The molecule has 2 nitrogen and oxygen atoms in total. The van der Waals surface area contributed by atoms with Gasteiger partial charge in [-0.05, 0) is 85.9 Å². The van der Waals surface area contributed by atoms with Gasteiger partial charge >= 0.3 is 0 Å². The summed E-state index contributed by atoms with van der Waals surface area (Å²) >= 11 is 12.0. The standard InChI is InChI=1S/C30H37Br2FN2S3/c1-5-9-11-18(7-3)13-20-15-24(36-29(20)31)22-17-23(33)26(28-27(22)34-38-35-28)25-16-21(30(32)37-25)14-19(8-4)12-10-6-2/h15-19H,5-14H2,1-4H3. The van der Waals surface area contributed by atoms with Crippen LogP contribution in [-0.4, -0.2) is 8.75 Å². The zero-order chi connectivity index (χ0) is 27.2. The summed E-state index contributed by atoms with van der Waals surface area (Å²) in [5, 5.41) is 0. The fraction of sp³-hybridized carbons (Fsp3) is 0.533. The Labute approximate surface area is 256 Å². The summed E-state index contributed by atoms with van der Waals surface area (Å²) in [7, 11) is 0. The summed E-state index contributed by atoms with van der Waals surface area (Å²) < 4.78 is 27.4. The Balaban J connectivity index is 1.66. The van der Waals surface area contributed by atoms with E-state index in [0.717, 1.165) is 47.7 Å². The topological polar surface area (TPSA) is 25.8 Å². The normalized spacial score (nSPS) is 13.4. The highest BCUT2D eigenvalue weighted by atomic mass is 79.9. The Morgan fingerprint density at radius 3 is 1.84 bits per heavy atom. The maximum Gasteiger partial charge on any atom is 0.134 e. The van der Waals surface area contributed by atoms with Crippen LogP contribution >= 0.6 is 66.3 Å². The van der Waals surface area contributed by atoms with Crippen LogP contribution in [0.2, 0.25) is 0 Å². The monoisotopic (exact) mass is 698 g/mol. The molecule has 3 heterocycles. The molecule has 0 bridgehead atoms. The third kappa shape index (κ3) is 6.96. The number of halogens is 3. The van der Waals surface area contributed by atoms with Crippen molar-refractivity contribution < 1.29 is 4.39 Å². The van der Waals surface area contributed by atoms with Gasteiger partial charge in [-0.2, -0.15) is 8.75 Å². The second-order valence-electron chi connectivity index (χ2n) is 10.3. The Hall–Kier alpha value is -0.670. The van der Waals surface area contributed by atoms with Crippen molar-refractivity contribution in [3.05, 3.63) is 42.7 Å². The van der Waals surface area contributed by atoms with Crippen LogP contribution in [0.4, 0.5) is 4.39 Å². The van der Waals surface area contributed by atoms with E-state index in [-0.39, 0.29) is 5.82 Å². The van der Waals surface area contributed by atoms with E-state index < -0.39 is 0 Å². The van der Waals surface area contributed by atoms with Crippen LogP contribution in [0.5, 0.6) is 0 Å². The summed E-state index contributed by atoms with van der Waals surface area (Å²) in [6.45, 7) is 9.05. The summed E-state index contributed by atoms with van der Waals surface area (Å²) in [6.07, 6.45) is 11.9. The predicted octanol–water partition coefficient (Wildman–Crippen LogP) is 12.3. The SMILES string of the molecule is CCCCC(CC)Cc1cc(-c2cc(F)c(-c3cc(CC(CC)CCCC)c(Br)s3)c3nsnc23)sc1Br. The summed E-state index contributed by atoms with van der Waals surface area (Å²) in [4.78, 5) is 1.98. The zero-order valence-corrected chi connectivity index (χ0v) is 28.3. The molecule has 4 rings (SSSR count).